The molecule has 1 amide bonds. The van der Waals surface area contributed by atoms with Crippen molar-refractivity contribution in [1.29, 1.82) is 0 Å². The van der Waals surface area contributed by atoms with Gasteiger partial charge in [-0.3, -0.25) is 4.79 Å². The molecule has 180 valence electrons. The summed E-state index contributed by atoms with van der Waals surface area (Å²) in [6.07, 6.45) is -3.76. The predicted molar refractivity (Wildman–Crippen MR) is 113 cm³/mol. The van der Waals surface area contributed by atoms with E-state index in [1.165, 1.54) is 11.6 Å². The Morgan fingerprint density at radius 1 is 1.12 bits per heavy atom. The SMILES string of the molecule is N[C@@H](CC(=O)N1CCOC[C@H]1Cc1ccccc1)Cc1ccccc1F.O=C(O)C(F)(F)F. The Kier molecular flexibility index (Phi) is 9.80. The minimum absolute atomic E-state index is 0.0121. The second-order valence-electron chi connectivity index (χ2n) is 7.57. The molecule has 1 saturated heterocycles. The fraction of sp³-hybridized carbons (Fsp3) is 0.391. The number of hydrogen-bond acceptors (Lipinski definition) is 4. The maximum Gasteiger partial charge on any atom is 0.490 e. The van der Waals surface area contributed by atoms with Gasteiger partial charge in [0.05, 0.1) is 19.3 Å². The number of nitrogens with zero attached hydrogens (tertiary/aromatic N) is 1. The molecule has 3 rings (SSSR count). The van der Waals surface area contributed by atoms with Crippen molar-refractivity contribution < 1.29 is 37.0 Å². The molecule has 1 heterocycles. The van der Waals surface area contributed by atoms with Crippen LogP contribution in [0.4, 0.5) is 17.6 Å². The summed E-state index contributed by atoms with van der Waals surface area (Å²) in [7, 11) is 0. The van der Waals surface area contributed by atoms with Crippen LogP contribution in [0.15, 0.2) is 54.6 Å². The van der Waals surface area contributed by atoms with Crippen molar-refractivity contribution in [2.45, 2.75) is 37.5 Å². The number of benzene rings is 2. The third-order valence-electron chi connectivity index (χ3n) is 4.98. The highest BCUT2D eigenvalue weighted by atomic mass is 19.4. The molecule has 0 saturated carbocycles. The number of ether oxygens (including phenoxy) is 1. The van der Waals surface area contributed by atoms with Crippen molar-refractivity contribution in [3.63, 3.8) is 0 Å². The molecular formula is C23H26F4N2O4. The van der Waals surface area contributed by atoms with Gasteiger partial charge in [0.25, 0.3) is 0 Å². The Bertz CT molecular complexity index is 909. The average Bonchev–Trinajstić information content (AvgIpc) is 2.76. The summed E-state index contributed by atoms with van der Waals surface area (Å²) in [6, 6.07) is 16.3. The van der Waals surface area contributed by atoms with Crippen LogP contribution in [-0.4, -0.2) is 59.9 Å². The van der Waals surface area contributed by atoms with Crippen LogP contribution >= 0.6 is 0 Å². The molecular weight excluding hydrogens is 444 g/mol. The molecule has 1 fully saturated rings. The number of alkyl halides is 3. The number of carbonyl (C=O) groups is 2. The van der Waals surface area contributed by atoms with Gasteiger partial charge in [-0.05, 0) is 30.0 Å². The first-order valence-electron chi connectivity index (χ1n) is 10.3. The first-order valence-corrected chi connectivity index (χ1v) is 10.3. The van der Waals surface area contributed by atoms with Crippen molar-refractivity contribution in [2.75, 3.05) is 19.8 Å². The van der Waals surface area contributed by atoms with Crippen LogP contribution in [0.5, 0.6) is 0 Å². The zero-order chi connectivity index (χ0) is 24.4. The molecule has 1 aliphatic rings. The number of nitrogens with two attached hydrogens (primary N) is 1. The van der Waals surface area contributed by atoms with Crippen LogP contribution in [0.2, 0.25) is 0 Å². The van der Waals surface area contributed by atoms with Crippen molar-refractivity contribution in [3.05, 3.63) is 71.5 Å². The van der Waals surface area contributed by atoms with Crippen molar-refractivity contribution in [3.8, 4) is 0 Å². The first kappa shape index (κ1) is 26.3. The van der Waals surface area contributed by atoms with Gasteiger partial charge in [-0.25, -0.2) is 9.18 Å². The Balaban J connectivity index is 0.000000479. The lowest BCUT2D eigenvalue weighted by Gasteiger charge is -2.36. The summed E-state index contributed by atoms with van der Waals surface area (Å²) < 4.78 is 51.1. The standard InChI is InChI=1S/C21H25FN2O2.C2HF3O2/c22-20-9-5-4-8-17(20)13-18(23)14-21(25)24-10-11-26-15-19(24)12-16-6-2-1-3-7-16;3-2(4,5)1(6)7/h1-9,18-19H,10-15,23H2;(H,6,7)/t18-,19-;/m1./s1. The minimum Gasteiger partial charge on any atom is -0.475 e. The summed E-state index contributed by atoms with van der Waals surface area (Å²) in [5.74, 6) is -3.02. The van der Waals surface area contributed by atoms with E-state index in [0.29, 0.717) is 31.7 Å². The lowest BCUT2D eigenvalue weighted by atomic mass is 10.0. The number of aliphatic carboxylic acids is 1. The number of amides is 1. The summed E-state index contributed by atoms with van der Waals surface area (Å²) >= 11 is 0. The fourth-order valence-corrected chi connectivity index (χ4v) is 3.40. The van der Waals surface area contributed by atoms with Gasteiger partial charge in [-0.1, -0.05) is 48.5 Å². The zero-order valence-electron chi connectivity index (χ0n) is 17.8. The highest BCUT2D eigenvalue weighted by Crippen LogP contribution is 2.17. The molecule has 2 aromatic carbocycles. The predicted octanol–water partition coefficient (Wildman–Crippen LogP) is 3.19. The van der Waals surface area contributed by atoms with Gasteiger partial charge < -0.3 is 20.5 Å². The normalized spacial score (nSPS) is 17.0. The van der Waals surface area contributed by atoms with Crippen molar-refractivity contribution in [1.82, 2.24) is 4.90 Å². The van der Waals surface area contributed by atoms with Crippen molar-refractivity contribution in [2.24, 2.45) is 5.73 Å². The Hall–Kier alpha value is -2.98. The van der Waals surface area contributed by atoms with Gasteiger partial charge >= 0.3 is 12.1 Å². The minimum atomic E-state index is -5.08. The van der Waals surface area contributed by atoms with E-state index in [9.17, 15) is 22.4 Å². The molecule has 0 spiro atoms. The van der Waals surface area contributed by atoms with Crippen LogP contribution in [0.3, 0.4) is 0 Å². The molecule has 33 heavy (non-hydrogen) atoms. The lowest BCUT2D eigenvalue weighted by molar-refractivity contribution is -0.192. The van der Waals surface area contributed by atoms with Gasteiger partial charge in [0.2, 0.25) is 5.91 Å². The van der Waals surface area contributed by atoms with Gasteiger partial charge in [-0.15, -0.1) is 0 Å². The molecule has 6 nitrogen and oxygen atoms in total. The van der Waals surface area contributed by atoms with Crippen LogP contribution in [0, 0.1) is 5.82 Å². The molecule has 0 unspecified atom stereocenters. The molecule has 2 aromatic rings. The van der Waals surface area contributed by atoms with E-state index in [2.05, 4.69) is 12.1 Å². The molecule has 10 heteroatoms. The maximum absolute atomic E-state index is 13.8. The monoisotopic (exact) mass is 470 g/mol. The van der Waals surface area contributed by atoms with Crippen molar-refractivity contribution >= 4 is 11.9 Å². The molecule has 0 aliphatic carbocycles. The third kappa shape index (κ3) is 8.82. The van der Waals surface area contributed by atoms with Crippen LogP contribution in [-0.2, 0) is 27.2 Å². The van der Waals surface area contributed by atoms with E-state index in [1.807, 2.05) is 23.1 Å². The lowest BCUT2D eigenvalue weighted by Crippen LogP contribution is -2.51. The largest absolute Gasteiger partial charge is 0.490 e. The van der Waals surface area contributed by atoms with E-state index in [0.717, 1.165) is 6.42 Å². The first-order chi connectivity index (χ1) is 15.6. The summed E-state index contributed by atoms with van der Waals surface area (Å²) in [4.78, 5) is 23.5. The second kappa shape index (κ2) is 12.3. The Morgan fingerprint density at radius 3 is 2.33 bits per heavy atom. The number of halogens is 4. The molecule has 3 N–H and O–H groups in total. The Labute approximate surface area is 188 Å². The van der Waals surface area contributed by atoms with Crippen LogP contribution in [0.25, 0.3) is 0 Å². The number of hydrogen-bond donors (Lipinski definition) is 2. The maximum atomic E-state index is 13.8. The van der Waals surface area contributed by atoms with Crippen LogP contribution in [0.1, 0.15) is 17.5 Å². The number of rotatable bonds is 6. The van der Waals surface area contributed by atoms with Gasteiger partial charge in [-0.2, -0.15) is 13.2 Å². The summed E-state index contributed by atoms with van der Waals surface area (Å²) in [5, 5.41) is 7.12. The molecule has 1 aliphatic heterocycles. The van der Waals surface area contributed by atoms with Gasteiger partial charge in [0.15, 0.2) is 0 Å². The van der Waals surface area contributed by atoms with Gasteiger partial charge in [0, 0.05) is 19.0 Å². The number of carbonyl (C=O) groups excluding carboxylic acids is 1. The van der Waals surface area contributed by atoms with E-state index in [-0.39, 0.29) is 24.2 Å². The Morgan fingerprint density at radius 2 is 1.73 bits per heavy atom. The second-order valence-corrected chi connectivity index (χ2v) is 7.57. The average molecular weight is 470 g/mol. The van der Waals surface area contributed by atoms with Crippen LogP contribution < -0.4 is 5.73 Å². The highest BCUT2D eigenvalue weighted by Gasteiger charge is 2.38. The molecule has 0 bridgehead atoms. The zero-order valence-corrected chi connectivity index (χ0v) is 17.8. The number of carboxylic acid groups (broad SMARTS) is 1. The number of morpholine rings is 1. The third-order valence-corrected chi connectivity index (χ3v) is 4.98. The van der Waals surface area contributed by atoms with E-state index in [1.54, 1.807) is 18.2 Å². The smallest absolute Gasteiger partial charge is 0.475 e. The number of carboxylic acids is 1. The van der Waals surface area contributed by atoms with E-state index < -0.39 is 18.2 Å². The molecule has 0 radical (unpaired) electrons. The topological polar surface area (TPSA) is 92.9 Å². The van der Waals surface area contributed by atoms with E-state index in [4.69, 9.17) is 20.4 Å². The molecule has 2 atom stereocenters. The van der Waals surface area contributed by atoms with Gasteiger partial charge in [0.1, 0.15) is 5.82 Å². The highest BCUT2D eigenvalue weighted by molar-refractivity contribution is 5.77. The fourth-order valence-electron chi connectivity index (χ4n) is 3.40. The summed E-state index contributed by atoms with van der Waals surface area (Å²) in [5.41, 5.74) is 7.86. The molecule has 0 aromatic heterocycles. The van der Waals surface area contributed by atoms with E-state index >= 15 is 0 Å². The summed E-state index contributed by atoms with van der Waals surface area (Å²) in [6.45, 7) is 1.64. The quantitative estimate of drug-likeness (QED) is 0.633.